The number of hydrazone groups is 1. The molecule has 4 rings (SSSR count). The third kappa shape index (κ3) is 3.72. The second-order valence-corrected chi connectivity index (χ2v) is 9.04. The molecule has 1 atom stereocenters. The number of hydrogen-bond acceptors (Lipinski definition) is 6. The van der Waals surface area contributed by atoms with Gasteiger partial charge in [0.05, 0.1) is 17.4 Å². The van der Waals surface area contributed by atoms with Gasteiger partial charge in [-0.3, -0.25) is 14.6 Å². The number of carbonyl (C=O) groups excluding carboxylic acids is 1. The molecule has 0 spiro atoms. The fraction of sp³-hybridized carbons (Fsp3) is 0.273. The van der Waals surface area contributed by atoms with E-state index in [1.807, 2.05) is 39.0 Å². The fourth-order valence-corrected chi connectivity index (χ4v) is 4.87. The molecule has 1 aliphatic rings. The van der Waals surface area contributed by atoms with Crippen LogP contribution in [0.1, 0.15) is 45.8 Å². The lowest BCUT2D eigenvalue weighted by molar-refractivity contribution is -0.130. The molecule has 3 aromatic rings. The first-order chi connectivity index (χ1) is 14.7. The molecule has 0 saturated heterocycles. The van der Waals surface area contributed by atoms with Gasteiger partial charge in [-0.15, -0.1) is 11.3 Å². The molecule has 0 bridgehead atoms. The van der Waals surface area contributed by atoms with Gasteiger partial charge in [0.2, 0.25) is 11.8 Å². The van der Waals surface area contributed by atoms with E-state index in [1.54, 1.807) is 23.5 Å². The molecule has 1 amide bonds. The van der Waals surface area contributed by atoms with Crippen LogP contribution in [0.25, 0.3) is 5.69 Å². The van der Waals surface area contributed by atoms with Crippen LogP contribution in [0.4, 0.5) is 0 Å². The maximum Gasteiger partial charge on any atom is 0.335 e. The first-order valence-corrected chi connectivity index (χ1v) is 10.6. The predicted octanol–water partition coefficient (Wildman–Crippen LogP) is 2.92. The number of benzene rings is 1. The molecule has 1 aliphatic heterocycles. The lowest BCUT2D eigenvalue weighted by Gasteiger charge is -2.18. The van der Waals surface area contributed by atoms with Gasteiger partial charge in [0.25, 0.3) is 5.56 Å². The highest BCUT2D eigenvalue weighted by Gasteiger charge is 2.35. The summed E-state index contributed by atoms with van der Waals surface area (Å²) in [7, 11) is 0. The number of aromatic amines is 1. The van der Waals surface area contributed by atoms with E-state index in [-0.39, 0.29) is 29.6 Å². The molecule has 3 heterocycles. The van der Waals surface area contributed by atoms with Crippen molar-refractivity contribution in [1.82, 2.24) is 14.6 Å². The monoisotopic (exact) mass is 438 g/mol. The topological polar surface area (TPSA) is 108 Å². The number of carbonyl (C=O) groups is 1. The van der Waals surface area contributed by atoms with Gasteiger partial charge in [0.1, 0.15) is 5.56 Å². The van der Waals surface area contributed by atoms with Crippen LogP contribution in [0.5, 0.6) is 5.88 Å². The highest BCUT2D eigenvalue weighted by Crippen LogP contribution is 2.37. The van der Waals surface area contributed by atoms with Crippen LogP contribution in [0.3, 0.4) is 0 Å². The zero-order valence-corrected chi connectivity index (χ0v) is 18.4. The second-order valence-electron chi connectivity index (χ2n) is 7.72. The van der Waals surface area contributed by atoms with Gasteiger partial charge in [-0.25, -0.2) is 14.4 Å². The number of hydrogen-bond donors (Lipinski definition) is 2. The fourth-order valence-electron chi connectivity index (χ4n) is 3.91. The van der Waals surface area contributed by atoms with Crippen molar-refractivity contribution >= 4 is 23.0 Å². The summed E-state index contributed by atoms with van der Waals surface area (Å²) in [5.41, 5.74) is 0.900. The van der Waals surface area contributed by atoms with Crippen LogP contribution in [-0.2, 0) is 4.79 Å². The molecular weight excluding hydrogens is 416 g/mol. The van der Waals surface area contributed by atoms with E-state index in [9.17, 15) is 19.5 Å². The van der Waals surface area contributed by atoms with E-state index < -0.39 is 17.1 Å². The summed E-state index contributed by atoms with van der Waals surface area (Å²) in [5, 5.41) is 16.7. The average molecular weight is 439 g/mol. The first-order valence-electron chi connectivity index (χ1n) is 9.76. The Morgan fingerprint density at radius 3 is 2.42 bits per heavy atom. The Morgan fingerprint density at radius 1 is 1.16 bits per heavy atom. The van der Waals surface area contributed by atoms with Gasteiger partial charge in [-0.2, -0.15) is 5.10 Å². The Hall–Kier alpha value is -3.46. The molecule has 0 unspecified atom stereocenters. The lowest BCUT2D eigenvalue weighted by atomic mass is 10.0. The Labute approximate surface area is 182 Å². The maximum absolute atomic E-state index is 12.7. The second kappa shape index (κ2) is 7.66. The van der Waals surface area contributed by atoms with E-state index in [1.165, 1.54) is 11.9 Å². The minimum atomic E-state index is -0.747. The van der Waals surface area contributed by atoms with Crippen LogP contribution >= 0.6 is 11.3 Å². The number of aromatic nitrogens is 2. The number of aromatic hydroxyl groups is 1. The van der Waals surface area contributed by atoms with Gasteiger partial charge in [0.15, 0.2) is 0 Å². The summed E-state index contributed by atoms with van der Waals surface area (Å²) in [4.78, 5) is 41.8. The van der Waals surface area contributed by atoms with Crippen molar-refractivity contribution in [2.75, 3.05) is 0 Å². The number of amides is 1. The normalized spacial score (nSPS) is 15.9. The van der Waals surface area contributed by atoms with Crippen molar-refractivity contribution in [3.8, 4) is 11.6 Å². The van der Waals surface area contributed by atoms with Crippen molar-refractivity contribution in [1.29, 1.82) is 0 Å². The highest BCUT2D eigenvalue weighted by atomic mass is 32.1. The van der Waals surface area contributed by atoms with Crippen molar-refractivity contribution in [3.63, 3.8) is 0 Å². The quantitative estimate of drug-likeness (QED) is 0.655. The van der Waals surface area contributed by atoms with Crippen molar-refractivity contribution in [2.24, 2.45) is 5.10 Å². The molecule has 2 N–H and O–H groups in total. The molecule has 9 heteroatoms. The predicted molar refractivity (Wildman–Crippen MR) is 119 cm³/mol. The van der Waals surface area contributed by atoms with Crippen molar-refractivity contribution < 1.29 is 9.90 Å². The van der Waals surface area contributed by atoms with Gasteiger partial charge in [-0.1, -0.05) is 6.07 Å². The minimum absolute atomic E-state index is 0.110. The molecule has 31 heavy (non-hydrogen) atoms. The SMILES string of the molecule is CC(=O)N1N=C(c2c(O)n(-c3cc(C)cc(C)c3)c(=O)[nH]c2=O)C[C@@H]1c1ccc(C)s1. The Bertz CT molecular complexity index is 1330. The standard InChI is InChI=1S/C22H22N4O4S/c1-11-7-12(2)9-15(8-11)25-21(29)19(20(28)23-22(25)30)16-10-17(26(24-16)14(4)27)18-6-5-13(3)31-18/h5-9,17,29H,10H2,1-4H3,(H,23,28,30)/t17-/m1/s1. The summed E-state index contributed by atoms with van der Waals surface area (Å²) in [5.74, 6) is -0.770. The Balaban J connectivity index is 1.86. The maximum atomic E-state index is 12.7. The number of rotatable bonds is 3. The number of aryl methyl sites for hydroxylation is 3. The van der Waals surface area contributed by atoms with E-state index in [0.29, 0.717) is 5.69 Å². The van der Waals surface area contributed by atoms with E-state index in [2.05, 4.69) is 10.1 Å². The summed E-state index contributed by atoms with van der Waals surface area (Å²) < 4.78 is 1.06. The third-order valence-electron chi connectivity index (χ3n) is 5.16. The molecule has 1 aromatic carbocycles. The summed E-state index contributed by atoms with van der Waals surface area (Å²) in [6, 6.07) is 8.95. The zero-order valence-electron chi connectivity index (χ0n) is 17.6. The molecule has 0 aliphatic carbocycles. The molecular formula is C22H22N4O4S. The zero-order chi connectivity index (χ0) is 22.4. The lowest BCUT2D eigenvalue weighted by Crippen LogP contribution is -2.33. The van der Waals surface area contributed by atoms with Gasteiger partial charge >= 0.3 is 5.69 Å². The molecule has 0 saturated carbocycles. The summed E-state index contributed by atoms with van der Waals surface area (Å²) >= 11 is 1.55. The largest absolute Gasteiger partial charge is 0.493 e. The van der Waals surface area contributed by atoms with Crippen LogP contribution < -0.4 is 11.2 Å². The number of thiophene rings is 1. The molecule has 0 fully saturated rings. The van der Waals surface area contributed by atoms with E-state index in [0.717, 1.165) is 25.4 Å². The molecule has 2 aromatic heterocycles. The van der Waals surface area contributed by atoms with Crippen LogP contribution in [-0.4, -0.2) is 31.3 Å². The van der Waals surface area contributed by atoms with Crippen molar-refractivity contribution in [3.05, 3.63) is 77.6 Å². The van der Waals surface area contributed by atoms with E-state index in [4.69, 9.17) is 0 Å². The number of nitrogens with zero attached hydrogens (tertiary/aromatic N) is 3. The Kier molecular flexibility index (Phi) is 5.14. The smallest absolute Gasteiger partial charge is 0.335 e. The summed E-state index contributed by atoms with van der Waals surface area (Å²) in [6.07, 6.45) is 0.251. The third-order valence-corrected chi connectivity index (χ3v) is 6.26. The summed E-state index contributed by atoms with van der Waals surface area (Å²) in [6.45, 7) is 7.13. The van der Waals surface area contributed by atoms with Crippen LogP contribution in [0, 0.1) is 20.8 Å². The van der Waals surface area contributed by atoms with Gasteiger partial charge in [0, 0.05) is 23.1 Å². The highest BCUT2D eigenvalue weighted by molar-refractivity contribution is 7.12. The average Bonchev–Trinajstić information content (AvgIpc) is 3.27. The Morgan fingerprint density at radius 2 is 1.84 bits per heavy atom. The van der Waals surface area contributed by atoms with Gasteiger partial charge in [-0.05, 0) is 56.2 Å². The number of H-pyrrole nitrogens is 1. The van der Waals surface area contributed by atoms with E-state index >= 15 is 0 Å². The minimum Gasteiger partial charge on any atom is -0.493 e. The van der Waals surface area contributed by atoms with Crippen molar-refractivity contribution in [2.45, 2.75) is 40.2 Å². The molecule has 0 radical (unpaired) electrons. The molecule has 8 nitrogen and oxygen atoms in total. The number of nitrogens with one attached hydrogen (secondary N) is 1. The first kappa shape index (κ1) is 20.8. The van der Waals surface area contributed by atoms with Crippen LogP contribution in [0.2, 0.25) is 0 Å². The van der Waals surface area contributed by atoms with Gasteiger partial charge < -0.3 is 5.11 Å². The van der Waals surface area contributed by atoms with Crippen LogP contribution in [0.15, 0.2) is 45.0 Å². The molecule has 160 valence electrons.